The molecule has 0 radical (unpaired) electrons. The molecule has 0 saturated carbocycles. The predicted molar refractivity (Wildman–Crippen MR) is 68.2 cm³/mol. The number of carbonyl (C=O) groups is 2. The van der Waals surface area contributed by atoms with Gasteiger partial charge >= 0.3 is 0 Å². The summed E-state index contributed by atoms with van der Waals surface area (Å²) in [7, 11) is 1.54. The van der Waals surface area contributed by atoms with Gasteiger partial charge in [-0.15, -0.1) is 0 Å². The van der Waals surface area contributed by atoms with Gasteiger partial charge < -0.3 is 19.7 Å². The van der Waals surface area contributed by atoms with E-state index in [2.05, 4.69) is 5.32 Å². The number of ether oxygens (including phenoxy) is 2. The Kier molecular flexibility index (Phi) is 4.10. The van der Waals surface area contributed by atoms with Crippen molar-refractivity contribution < 1.29 is 19.1 Å². The van der Waals surface area contributed by atoms with E-state index in [-0.39, 0.29) is 17.9 Å². The summed E-state index contributed by atoms with van der Waals surface area (Å²) in [6.07, 6.45) is -0.163. The third kappa shape index (κ3) is 2.74. The molecule has 6 heteroatoms. The Balaban J connectivity index is 2.17. The molecule has 0 aromatic carbocycles. The fourth-order valence-corrected chi connectivity index (χ4v) is 2.75. The average Bonchev–Trinajstić information content (AvgIpc) is 2.33. The number of nitrogens with zero attached hydrogens (tertiary/aromatic N) is 1. The Bertz CT molecular complexity index is 372. The largest absolute Gasteiger partial charge is 0.354 e. The smallest absolute Gasteiger partial charge is 0.246 e. The first-order valence-electron chi connectivity index (χ1n) is 6.73. The number of methoxy groups -OCH3 is 1. The molecule has 0 aromatic heterocycles. The second kappa shape index (κ2) is 5.46. The molecule has 2 aliphatic rings. The van der Waals surface area contributed by atoms with Gasteiger partial charge in [0.1, 0.15) is 12.1 Å². The molecule has 4 atom stereocenters. The molecule has 0 aromatic rings. The van der Waals surface area contributed by atoms with Crippen molar-refractivity contribution in [3.8, 4) is 0 Å². The lowest BCUT2D eigenvalue weighted by atomic mass is 9.96. The first-order chi connectivity index (χ1) is 8.93. The second-order valence-electron chi connectivity index (χ2n) is 5.63. The highest BCUT2D eigenvalue weighted by molar-refractivity contribution is 5.97. The van der Waals surface area contributed by atoms with E-state index in [4.69, 9.17) is 9.47 Å². The summed E-state index contributed by atoms with van der Waals surface area (Å²) < 4.78 is 10.7. The van der Waals surface area contributed by atoms with Crippen molar-refractivity contribution in [1.82, 2.24) is 10.2 Å². The van der Waals surface area contributed by atoms with Crippen molar-refractivity contribution in [2.45, 2.75) is 51.7 Å². The third-order valence-electron chi connectivity index (χ3n) is 3.63. The Labute approximate surface area is 113 Å². The number of morpholine rings is 1. The van der Waals surface area contributed by atoms with Crippen molar-refractivity contribution >= 4 is 11.8 Å². The number of piperazine rings is 1. The van der Waals surface area contributed by atoms with Gasteiger partial charge in [0.15, 0.2) is 6.29 Å². The van der Waals surface area contributed by atoms with Crippen LogP contribution < -0.4 is 5.32 Å². The van der Waals surface area contributed by atoms with Gasteiger partial charge in [0.2, 0.25) is 11.8 Å². The maximum atomic E-state index is 12.4. The lowest BCUT2D eigenvalue weighted by molar-refractivity contribution is -0.218. The molecule has 0 aliphatic carbocycles. The summed E-state index contributed by atoms with van der Waals surface area (Å²) in [5.74, 6) is 0.185. The van der Waals surface area contributed by atoms with E-state index in [0.29, 0.717) is 18.9 Å². The summed E-state index contributed by atoms with van der Waals surface area (Å²) in [5, 5.41) is 2.81. The van der Waals surface area contributed by atoms with Gasteiger partial charge in [0, 0.05) is 7.11 Å². The molecule has 108 valence electrons. The van der Waals surface area contributed by atoms with Crippen molar-refractivity contribution in [3.63, 3.8) is 0 Å². The summed E-state index contributed by atoms with van der Waals surface area (Å²) in [6, 6.07) is -0.964. The maximum Gasteiger partial charge on any atom is 0.246 e. The summed E-state index contributed by atoms with van der Waals surface area (Å²) in [6.45, 7) is 6.17. The second-order valence-corrected chi connectivity index (χ2v) is 5.63. The van der Waals surface area contributed by atoms with Gasteiger partial charge in [-0.25, -0.2) is 0 Å². The van der Waals surface area contributed by atoms with Gasteiger partial charge in [-0.3, -0.25) is 9.59 Å². The van der Waals surface area contributed by atoms with Crippen molar-refractivity contribution in [2.24, 2.45) is 5.92 Å². The van der Waals surface area contributed by atoms with E-state index in [1.54, 1.807) is 11.8 Å². The van der Waals surface area contributed by atoms with Crippen LogP contribution in [0.2, 0.25) is 0 Å². The number of fused-ring (bicyclic) bond motifs is 1. The number of hydrogen-bond donors (Lipinski definition) is 1. The fourth-order valence-electron chi connectivity index (χ4n) is 2.75. The van der Waals surface area contributed by atoms with Gasteiger partial charge in [0.25, 0.3) is 0 Å². The Morgan fingerprint density at radius 1 is 1.47 bits per heavy atom. The fraction of sp³-hybridized carbons (Fsp3) is 0.846. The molecule has 2 saturated heterocycles. The molecule has 2 fully saturated rings. The maximum absolute atomic E-state index is 12.4. The first kappa shape index (κ1) is 14.3. The number of hydrogen-bond acceptors (Lipinski definition) is 4. The van der Waals surface area contributed by atoms with Crippen LogP contribution in [0.4, 0.5) is 0 Å². The number of rotatable bonds is 3. The Hall–Kier alpha value is -1.14. The molecule has 0 bridgehead atoms. The van der Waals surface area contributed by atoms with E-state index in [1.807, 2.05) is 13.8 Å². The highest BCUT2D eigenvalue weighted by Crippen LogP contribution is 2.24. The highest BCUT2D eigenvalue weighted by Gasteiger charge is 2.47. The molecule has 1 N–H and O–H groups in total. The van der Waals surface area contributed by atoms with Crippen LogP contribution in [0, 0.1) is 5.92 Å². The topological polar surface area (TPSA) is 67.9 Å². The Morgan fingerprint density at radius 3 is 2.74 bits per heavy atom. The van der Waals surface area contributed by atoms with Crippen LogP contribution in [0.5, 0.6) is 0 Å². The minimum Gasteiger partial charge on any atom is -0.354 e. The van der Waals surface area contributed by atoms with Crippen LogP contribution in [0.1, 0.15) is 27.2 Å². The van der Waals surface area contributed by atoms with Crippen molar-refractivity contribution in [2.75, 3.05) is 13.7 Å². The molecule has 2 aliphatic heterocycles. The van der Waals surface area contributed by atoms with Crippen molar-refractivity contribution in [3.05, 3.63) is 0 Å². The standard InChI is InChI=1S/C13H22N2O4/c1-7(2)5-9-13(17)15-6-10(18-4)19-8(3)11(15)12(16)14-9/h7-11H,5-6H2,1-4H3,(H,14,16)/t8-,9-,10-,11+/m1/s1. The highest BCUT2D eigenvalue weighted by atomic mass is 16.7. The van der Waals surface area contributed by atoms with Crippen LogP contribution in [0.25, 0.3) is 0 Å². The van der Waals surface area contributed by atoms with Crippen LogP contribution in [0.15, 0.2) is 0 Å². The molecule has 2 rings (SSSR count). The van der Waals surface area contributed by atoms with E-state index in [0.717, 1.165) is 0 Å². The van der Waals surface area contributed by atoms with E-state index >= 15 is 0 Å². The molecule has 0 spiro atoms. The minimum absolute atomic E-state index is 0.0319. The van der Waals surface area contributed by atoms with Gasteiger partial charge in [0.05, 0.1) is 12.6 Å². The van der Waals surface area contributed by atoms with Gasteiger partial charge in [-0.2, -0.15) is 0 Å². The molecule has 0 unspecified atom stereocenters. The van der Waals surface area contributed by atoms with E-state index in [1.165, 1.54) is 7.11 Å². The van der Waals surface area contributed by atoms with Gasteiger partial charge in [-0.05, 0) is 19.3 Å². The monoisotopic (exact) mass is 270 g/mol. The van der Waals surface area contributed by atoms with Crippen LogP contribution >= 0.6 is 0 Å². The molecule has 2 amide bonds. The molecule has 2 heterocycles. The van der Waals surface area contributed by atoms with Gasteiger partial charge in [-0.1, -0.05) is 13.8 Å². The molecule has 6 nitrogen and oxygen atoms in total. The summed E-state index contributed by atoms with van der Waals surface area (Å²) >= 11 is 0. The van der Waals surface area contributed by atoms with Crippen molar-refractivity contribution in [1.29, 1.82) is 0 Å². The third-order valence-corrected chi connectivity index (χ3v) is 3.63. The molecular weight excluding hydrogens is 248 g/mol. The van der Waals surface area contributed by atoms with E-state index in [9.17, 15) is 9.59 Å². The zero-order valence-corrected chi connectivity index (χ0v) is 11.9. The normalized spacial score (nSPS) is 35.3. The SMILES string of the molecule is CO[C@H]1CN2C(=O)[C@@H](CC(C)C)NC(=O)[C@@H]2[C@@H](C)O1. The zero-order valence-electron chi connectivity index (χ0n) is 11.9. The summed E-state index contributed by atoms with van der Waals surface area (Å²) in [5.41, 5.74) is 0. The molecule has 19 heavy (non-hydrogen) atoms. The lowest BCUT2D eigenvalue weighted by Gasteiger charge is -2.46. The Morgan fingerprint density at radius 2 is 2.16 bits per heavy atom. The zero-order chi connectivity index (χ0) is 14.2. The first-order valence-corrected chi connectivity index (χ1v) is 6.73. The number of nitrogens with one attached hydrogen (secondary N) is 1. The lowest BCUT2D eigenvalue weighted by Crippen LogP contribution is -2.70. The predicted octanol–water partition coefficient (Wildman–Crippen LogP) is 0.119. The van der Waals surface area contributed by atoms with Crippen LogP contribution in [0.3, 0.4) is 0 Å². The van der Waals surface area contributed by atoms with E-state index < -0.39 is 18.4 Å². The summed E-state index contributed by atoms with van der Waals surface area (Å²) in [4.78, 5) is 26.2. The average molecular weight is 270 g/mol. The quantitative estimate of drug-likeness (QED) is 0.791. The number of amides is 2. The number of carbonyl (C=O) groups excluding carboxylic acids is 2. The van der Waals surface area contributed by atoms with Crippen LogP contribution in [-0.2, 0) is 19.1 Å². The minimum atomic E-state index is -0.540. The molecular formula is C13H22N2O4. The van der Waals surface area contributed by atoms with Crippen LogP contribution in [-0.4, -0.2) is 54.8 Å².